The summed E-state index contributed by atoms with van der Waals surface area (Å²) < 4.78 is 6.81. The van der Waals surface area contributed by atoms with Gasteiger partial charge in [0.25, 0.3) is 11.5 Å². The maximum absolute atomic E-state index is 12.5. The molecule has 0 fully saturated rings. The number of amides is 1. The molecule has 8 nitrogen and oxygen atoms in total. The minimum atomic E-state index is -0.630. The second-order valence-corrected chi connectivity index (χ2v) is 7.73. The number of hydrogen-bond acceptors (Lipinski definition) is 6. The van der Waals surface area contributed by atoms with Crippen molar-refractivity contribution in [2.75, 3.05) is 25.6 Å². The van der Waals surface area contributed by atoms with Gasteiger partial charge in [0.2, 0.25) is 0 Å². The summed E-state index contributed by atoms with van der Waals surface area (Å²) in [5.41, 5.74) is 2.66. The van der Waals surface area contributed by atoms with E-state index in [1.54, 1.807) is 16.7 Å². The van der Waals surface area contributed by atoms with Crippen molar-refractivity contribution in [1.82, 2.24) is 14.9 Å². The number of hydrogen-bond donors (Lipinski definition) is 1. The van der Waals surface area contributed by atoms with E-state index in [9.17, 15) is 14.4 Å². The van der Waals surface area contributed by atoms with Crippen LogP contribution in [0.4, 0.5) is 5.69 Å². The van der Waals surface area contributed by atoms with Crippen LogP contribution in [0.2, 0.25) is 0 Å². The number of benzene rings is 2. The average molecular weight is 420 g/mol. The highest BCUT2D eigenvalue weighted by Crippen LogP contribution is 2.17. The zero-order valence-corrected chi connectivity index (χ0v) is 17.6. The molecule has 3 aromatic rings. The number of fused-ring (bicyclic) bond motifs is 2. The van der Waals surface area contributed by atoms with Gasteiger partial charge in [-0.3, -0.25) is 14.2 Å². The molecule has 0 bridgehead atoms. The van der Waals surface area contributed by atoms with Gasteiger partial charge in [-0.15, -0.1) is 0 Å². The summed E-state index contributed by atoms with van der Waals surface area (Å²) >= 11 is 0. The summed E-state index contributed by atoms with van der Waals surface area (Å²) in [5, 5.41) is 3.21. The van der Waals surface area contributed by atoms with Crippen LogP contribution in [-0.2, 0) is 29.0 Å². The highest BCUT2D eigenvalue weighted by atomic mass is 16.5. The Hall–Kier alpha value is -3.68. The van der Waals surface area contributed by atoms with Crippen LogP contribution in [0.5, 0.6) is 0 Å². The monoisotopic (exact) mass is 420 g/mol. The molecule has 1 aliphatic heterocycles. The SMILES string of the molecule is CN(C)c1ccc(CNC(=O)COC(=O)c2ccc3c(=O)n4c(nc3c2)CCC4)cc1. The van der Waals surface area contributed by atoms with Crippen LogP contribution in [0.1, 0.15) is 28.2 Å². The zero-order valence-electron chi connectivity index (χ0n) is 17.6. The van der Waals surface area contributed by atoms with Gasteiger partial charge in [-0.2, -0.15) is 0 Å². The Labute approximate surface area is 179 Å². The molecule has 0 saturated heterocycles. The first-order valence-electron chi connectivity index (χ1n) is 10.2. The number of rotatable bonds is 6. The summed E-state index contributed by atoms with van der Waals surface area (Å²) in [6.45, 7) is 0.641. The van der Waals surface area contributed by atoms with Gasteiger partial charge in [0.15, 0.2) is 6.61 Å². The molecule has 0 radical (unpaired) electrons. The Morgan fingerprint density at radius 2 is 1.94 bits per heavy atom. The van der Waals surface area contributed by atoms with E-state index >= 15 is 0 Å². The number of esters is 1. The van der Waals surface area contributed by atoms with Gasteiger partial charge in [-0.1, -0.05) is 12.1 Å². The van der Waals surface area contributed by atoms with Gasteiger partial charge in [0, 0.05) is 39.3 Å². The maximum Gasteiger partial charge on any atom is 0.338 e. The molecule has 1 amide bonds. The summed E-state index contributed by atoms with van der Waals surface area (Å²) in [4.78, 5) is 43.4. The van der Waals surface area contributed by atoms with E-state index in [2.05, 4.69) is 10.3 Å². The number of anilines is 1. The van der Waals surface area contributed by atoms with Crippen molar-refractivity contribution in [2.24, 2.45) is 0 Å². The Kier molecular flexibility index (Phi) is 5.70. The second-order valence-electron chi connectivity index (χ2n) is 7.73. The van der Waals surface area contributed by atoms with Gasteiger partial charge in [0.05, 0.1) is 16.5 Å². The van der Waals surface area contributed by atoms with Crippen molar-refractivity contribution in [3.05, 3.63) is 69.8 Å². The summed E-state index contributed by atoms with van der Waals surface area (Å²) in [6.07, 6.45) is 1.64. The zero-order chi connectivity index (χ0) is 22.0. The Morgan fingerprint density at radius 3 is 2.68 bits per heavy atom. The van der Waals surface area contributed by atoms with E-state index in [1.807, 2.05) is 43.3 Å². The van der Waals surface area contributed by atoms with Crippen molar-refractivity contribution < 1.29 is 14.3 Å². The third-order valence-corrected chi connectivity index (χ3v) is 5.33. The van der Waals surface area contributed by atoms with E-state index in [0.717, 1.165) is 29.9 Å². The molecule has 0 unspecified atom stereocenters. The van der Waals surface area contributed by atoms with Gasteiger partial charge < -0.3 is 15.0 Å². The number of carbonyl (C=O) groups is 2. The Morgan fingerprint density at radius 1 is 1.16 bits per heavy atom. The highest BCUT2D eigenvalue weighted by molar-refractivity contribution is 5.95. The summed E-state index contributed by atoms with van der Waals surface area (Å²) in [5.74, 6) is -0.282. The third-order valence-electron chi connectivity index (χ3n) is 5.33. The number of aromatic nitrogens is 2. The van der Waals surface area contributed by atoms with Crippen molar-refractivity contribution in [3.8, 4) is 0 Å². The molecule has 0 saturated carbocycles. The van der Waals surface area contributed by atoms with E-state index < -0.39 is 5.97 Å². The normalized spacial score (nSPS) is 12.5. The van der Waals surface area contributed by atoms with Crippen LogP contribution in [0, 0.1) is 0 Å². The van der Waals surface area contributed by atoms with Gasteiger partial charge in [0.1, 0.15) is 5.82 Å². The van der Waals surface area contributed by atoms with Crippen molar-refractivity contribution in [1.29, 1.82) is 0 Å². The smallest absolute Gasteiger partial charge is 0.338 e. The molecule has 1 aliphatic rings. The Balaban J connectivity index is 1.35. The molecule has 160 valence electrons. The molecule has 4 rings (SSSR count). The predicted octanol–water partition coefficient (Wildman–Crippen LogP) is 1.88. The van der Waals surface area contributed by atoms with E-state index in [1.165, 1.54) is 6.07 Å². The number of carbonyl (C=O) groups excluding carboxylic acids is 2. The van der Waals surface area contributed by atoms with Crippen LogP contribution < -0.4 is 15.8 Å². The number of ether oxygens (including phenoxy) is 1. The van der Waals surface area contributed by atoms with Crippen LogP contribution in [0.15, 0.2) is 47.3 Å². The van der Waals surface area contributed by atoms with Crippen molar-refractivity contribution in [2.45, 2.75) is 25.9 Å². The summed E-state index contributed by atoms with van der Waals surface area (Å²) in [7, 11) is 3.92. The molecular weight excluding hydrogens is 396 g/mol. The lowest BCUT2D eigenvalue weighted by molar-refractivity contribution is -0.124. The van der Waals surface area contributed by atoms with E-state index in [4.69, 9.17) is 4.74 Å². The fraction of sp³-hybridized carbons (Fsp3) is 0.304. The first kappa shape index (κ1) is 20.6. The molecule has 0 spiro atoms. The van der Waals surface area contributed by atoms with Gasteiger partial charge in [-0.05, 0) is 42.3 Å². The molecule has 31 heavy (non-hydrogen) atoms. The van der Waals surface area contributed by atoms with E-state index in [-0.39, 0.29) is 23.6 Å². The quantitative estimate of drug-likeness (QED) is 0.612. The average Bonchev–Trinajstić information content (AvgIpc) is 3.25. The molecule has 2 heterocycles. The van der Waals surface area contributed by atoms with Gasteiger partial charge in [-0.25, -0.2) is 9.78 Å². The molecule has 0 atom stereocenters. The van der Waals surface area contributed by atoms with Crippen LogP contribution >= 0.6 is 0 Å². The highest BCUT2D eigenvalue weighted by Gasteiger charge is 2.18. The number of nitrogens with one attached hydrogen (secondary N) is 1. The third kappa shape index (κ3) is 4.42. The lowest BCUT2D eigenvalue weighted by Gasteiger charge is -2.13. The minimum Gasteiger partial charge on any atom is -0.452 e. The second kappa shape index (κ2) is 8.59. The molecule has 0 aliphatic carbocycles. The first-order chi connectivity index (χ1) is 14.9. The summed E-state index contributed by atoms with van der Waals surface area (Å²) in [6, 6.07) is 12.5. The standard InChI is InChI=1S/C23H24N4O4/c1-26(2)17-8-5-15(6-9-17)13-24-21(28)14-31-23(30)16-7-10-18-19(12-16)25-20-4-3-11-27(20)22(18)29/h5-10,12H,3-4,11,13-14H2,1-2H3,(H,24,28). The van der Waals surface area contributed by atoms with Crippen molar-refractivity contribution >= 4 is 28.5 Å². The molecule has 8 heteroatoms. The Bertz CT molecular complexity index is 1200. The number of nitrogens with zero attached hydrogens (tertiary/aromatic N) is 3. The fourth-order valence-corrected chi connectivity index (χ4v) is 3.59. The first-order valence-corrected chi connectivity index (χ1v) is 10.2. The van der Waals surface area contributed by atoms with Crippen molar-refractivity contribution in [3.63, 3.8) is 0 Å². The predicted molar refractivity (Wildman–Crippen MR) is 117 cm³/mol. The molecular formula is C23H24N4O4. The van der Waals surface area contributed by atoms with Gasteiger partial charge >= 0.3 is 5.97 Å². The van der Waals surface area contributed by atoms with Crippen LogP contribution in [0.3, 0.4) is 0 Å². The molecule has 1 N–H and O–H groups in total. The lowest BCUT2D eigenvalue weighted by atomic mass is 10.1. The number of aryl methyl sites for hydroxylation is 1. The lowest BCUT2D eigenvalue weighted by Crippen LogP contribution is -2.28. The molecule has 2 aromatic carbocycles. The molecule has 1 aromatic heterocycles. The topological polar surface area (TPSA) is 93.5 Å². The fourth-order valence-electron chi connectivity index (χ4n) is 3.59. The largest absolute Gasteiger partial charge is 0.452 e. The van der Waals surface area contributed by atoms with Crippen LogP contribution in [-0.4, -0.2) is 42.1 Å². The van der Waals surface area contributed by atoms with E-state index in [0.29, 0.717) is 24.0 Å². The maximum atomic E-state index is 12.5. The minimum absolute atomic E-state index is 0.0876. The van der Waals surface area contributed by atoms with Crippen LogP contribution in [0.25, 0.3) is 10.9 Å².